The van der Waals surface area contributed by atoms with Gasteiger partial charge >= 0.3 is 6.18 Å². The van der Waals surface area contributed by atoms with Gasteiger partial charge in [-0.05, 0) is 53.5 Å². The van der Waals surface area contributed by atoms with E-state index in [0.29, 0.717) is 38.9 Å². The Kier molecular flexibility index (Phi) is 6.93. The van der Waals surface area contributed by atoms with Crippen LogP contribution in [0.2, 0.25) is 0 Å². The second kappa shape index (κ2) is 9.63. The highest BCUT2D eigenvalue weighted by Gasteiger charge is 2.48. The Morgan fingerprint density at radius 3 is 2.29 bits per heavy atom. The largest absolute Gasteiger partial charge is 0.416 e. The van der Waals surface area contributed by atoms with Gasteiger partial charge < -0.3 is 10.2 Å². The number of carbonyl (C=O) groups is 2. The lowest BCUT2D eigenvalue weighted by Gasteiger charge is -2.49. The van der Waals surface area contributed by atoms with Crippen molar-refractivity contribution in [3.05, 3.63) is 71.0 Å². The van der Waals surface area contributed by atoms with Crippen molar-refractivity contribution in [1.29, 1.82) is 0 Å². The van der Waals surface area contributed by atoms with Gasteiger partial charge in [0.2, 0.25) is 11.8 Å². The zero-order chi connectivity index (χ0) is 25.4. The first-order valence-electron chi connectivity index (χ1n) is 12.0. The fourth-order valence-electron chi connectivity index (χ4n) is 5.80. The van der Waals surface area contributed by atoms with E-state index in [0.717, 1.165) is 11.6 Å². The second-order valence-electron chi connectivity index (χ2n) is 10.1. The maximum absolute atomic E-state index is 13.7. The van der Waals surface area contributed by atoms with Crippen molar-refractivity contribution in [2.24, 2.45) is 11.3 Å². The van der Waals surface area contributed by atoms with Crippen LogP contribution in [0.4, 0.5) is 17.6 Å². The number of hydrogen-bond donors (Lipinski definition) is 1. The van der Waals surface area contributed by atoms with Gasteiger partial charge in [-0.2, -0.15) is 13.2 Å². The molecule has 2 heterocycles. The third-order valence-electron chi connectivity index (χ3n) is 7.63. The first-order valence-corrected chi connectivity index (χ1v) is 12.0. The number of carbonyl (C=O) groups excluding carboxylic acids is 2. The monoisotopic (exact) mass is 490 g/mol. The number of alkyl halides is 3. The van der Waals surface area contributed by atoms with Gasteiger partial charge in [-0.1, -0.05) is 44.2 Å². The number of nitrogens with one attached hydrogen (secondary N) is 1. The molecule has 2 saturated heterocycles. The van der Waals surface area contributed by atoms with Gasteiger partial charge in [-0.3, -0.25) is 9.59 Å². The molecular weight excluding hydrogens is 460 g/mol. The first kappa shape index (κ1) is 25.2. The third kappa shape index (κ3) is 5.07. The molecule has 2 aromatic rings. The SMILES string of the molecule is CC(C)[C@H](C(=O)N1CCC2(CC1)CC(=O)NC[C@H]2c1ccc(F)cc1)c1ccccc1C(F)(F)F. The van der Waals surface area contributed by atoms with E-state index in [9.17, 15) is 27.2 Å². The maximum Gasteiger partial charge on any atom is 0.416 e. The van der Waals surface area contributed by atoms with Crippen LogP contribution in [-0.4, -0.2) is 36.3 Å². The number of halogens is 4. The number of hydrogen-bond acceptors (Lipinski definition) is 2. The van der Waals surface area contributed by atoms with Gasteiger partial charge in [0.25, 0.3) is 0 Å². The lowest BCUT2D eigenvalue weighted by molar-refractivity contribution is -0.141. The van der Waals surface area contributed by atoms with E-state index in [1.807, 2.05) is 0 Å². The van der Waals surface area contributed by atoms with Gasteiger partial charge in [-0.15, -0.1) is 0 Å². The summed E-state index contributed by atoms with van der Waals surface area (Å²) in [7, 11) is 0. The summed E-state index contributed by atoms with van der Waals surface area (Å²) in [5.74, 6) is -1.96. The molecule has 4 nitrogen and oxygen atoms in total. The van der Waals surface area contributed by atoms with Crippen LogP contribution in [0.1, 0.15) is 61.6 Å². The Morgan fingerprint density at radius 2 is 1.69 bits per heavy atom. The number of likely N-dealkylation sites (tertiary alicyclic amines) is 1. The molecule has 0 aromatic heterocycles. The molecule has 35 heavy (non-hydrogen) atoms. The van der Waals surface area contributed by atoms with Crippen molar-refractivity contribution >= 4 is 11.8 Å². The standard InChI is InChI=1S/C27H30F4N2O2/c1-17(2)24(20-5-3-4-6-21(20)27(29,30)31)25(35)33-13-11-26(12-14-33)15-23(34)32-16-22(26)18-7-9-19(28)10-8-18/h3-10,17,22,24H,11-16H2,1-2H3,(H,32,34)/t22-,24-/m0/s1. The predicted octanol–water partition coefficient (Wildman–Crippen LogP) is 5.50. The van der Waals surface area contributed by atoms with E-state index >= 15 is 0 Å². The summed E-state index contributed by atoms with van der Waals surface area (Å²) >= 11 is 0. The van der Waals surface area contributed by atoms with Crippen LogP contribution in [0.25, 0.3) is 0 Å². The molecule has 0 saturated carbocycles. The average molecular weight is 491 g/mol. The van der Waals surface area contributed by atoms with Crippen molar-refractivity contribution in [2.45, 2.75) is 51.1 Å². The highest BCUT2D eigenvalue weighted by Crippen LogP contribution is 2.49. The van der Waals surface area contributed by atoms with Crippen LogP contribution in [0.3, 0.4) is 0 Å². The first-order chi connectivity index (χ1) is 16.5. The summed E-state index contributed by atoms with van der Waals surface area (Å²) in [6.45, 7) is 4.68. The minimum atomic E-state index is -4.55. The Morgan fingerprint density at radius 1 is 1.06 bits per heavy atom. The molecular formula is C27H30F4N2O2. The van der Waals surface area contributed by atoms with Crippen molar-refractivity contribution in [3.8, 4) is 0 Å². The van der Waals surface area contributed by atoms with Crippen LogP contribution < -0.4 is 5.32 Å². The van der Waals surface area contributed by atoms with Crippen LogP contribution in [0, 0.1) is 17.2 Å². The van der Waals surface area contributed by atoms with Gasteiger partial charge in [0.05, 0.1) is 11.5 Å². The molecule has 8 heteroatoms. The molecule has 0 bridgehead atoms. The average Bonchev–Trinajstić information content (AvgIpc) is 2.80. The van der Waals surface area contributed by atoms with E-state index in [-0.39, 0.29) is 40.4 Å². The molecule has 2 aliphatic rings. The van der Waals surface area contributed by atoms with Crippen molar-refractivity contribution in [3.63, 3.8) is 0 Å². The predicted molar refractivity (Wildman–Crippen MR) is 124 cm³/mol. The maximum atomic E-state index is 13.7. The van der Waals surface area contributed by atoms with Gasteiger partial charge in [0.15, 0.2) is 0 Å². The summed E-state index contributed by atoms with van der Waals surface area (Å²) in [6.07, 6.45) is -3.13. The molecule has 0 radical (unpaired) electrons. The molecule has 0 aliphatic carbocycles. The van der Waals surface area contributed by atoms with Crippen molar-refractivity contribution in [1.82, 2.24) is 10.2 Å². The number of rotatable bonds is 4. The lowest BCUT2D eigenvalue weighted by Crippen LogP contribution is -2.53. The lowest BCUT2D eigenvalue weighted by atomic mass is 9.62. The van der Waals surface area contributed by atoms with Crippen molar-refractivity contribution < 1.29 is 27.2 Å². The smallest absolute Gasteiger partial charge is 0.355 e. The zero-order valence-corrected chi connectivity index (χ0v) is 19.9. The number of benzene rings is 2. The Balaban J connectivity index is 1.57. The van der Waals surface area contributed by atoms with E-state index in [1.165, 1.54) is 30.3 Å². The fourth-order valence-corrected chi connectivity index (χ4v) is 5.80. The summed E-state index contributed by atoms with van der Waals surface area (Å²) in [5.41, 5.74) is -0.221. The molecule has 188 valence electrons. The molecule has 1 spiro atoms. The third-order valence-corrected chi connectivity index (χ3v) is 7.63. The van der Waals surface area contributed by atoms with Crippen LogP contribution in [0.15, 0.2) is 48.5 Å². The minimum Gasteiger partial charge on any atom is -0.355 e. The molecule has 2 amide bonds. The highest BCUT2D eigenvalue weighted by atomic mass is 19.4. The molecule has 1 N–H and O–H groups in total. The van der Waals surface area contributed by atoms with Crippen LogP contribution >= 0.6 is 0 Å². The van der Waals surface area contributed by atoms with E-state index in [1.54, 1.807) is 30.9 Å². The van der Waals surface area contributed by atoms with Gasteiger partial charge in [0, 0.05) is 32.0 Å². The number of nitrogens with zero attached hydrogens (tertiary/aromatic N) is 1. The Bertz CT molecular complexity index is 1070. The fraction of sp³-hybridized carbons (Fsp3) is 0.481. The van der Waals surface area contributed by atoms with Gasteiger partial charge in [0.1, 0.15) is 5.82 Å². The number of piperidine rings is 2. The van der Waals surface area contributed by atoms with Crippen molar-refractivity contribution in [2.75, 3.05) is 19.6 Å². The molecule has 2 aliphatic heterocycles. The van der Waals surface area contributed by atoms with Crippen LogP contribution in [0.5, 0.6) is 0 Å². The van der Waals surface area contributed by atoms with E-state index in [2.05, 4.69) is 5.32 Å². The highest BCUT2D eigenvalue weighted by molar-refractivity contribution is 5.85. The molecule has 2 atom stereocenters. The topological polar surface area (TPSA) is 49.4 Å². The minimum absolute atomic E-state index is 0.00141. The van der Waals surface area contributed by atoms with Gasteiger partial charge in [-0.25, -0.2) is 4.39 Å². The summed E-state index contributed by atoms with van der Waals surface area (Å²) in [4.78, 5) is 27.6. The summed E-state index contributed by atoms with van der Waals surface area (Å²) < 4.78 is 54.6. The summed E-state index contributed by atoms with van der Waals surface area (Å²) in [5, 5.41) is 2.91. The molecule has 0 unspecified atom stereocenters. The normalized spacial score (nSPS) is 21.2. The van der Waals surface area contributed by atoms with E-state index < -0.39 is 17.7 Å². The zero-order valence-electron chi connectivity index (χ0n) is 19.9. The molecule has 2 aromatic carbocycles. The molecule has 4 rings (SSSR count). The summed E-state index contributed by atoms with van der Waals surface area (Å²) in [6, 6.07) is 11.6. The molecule has 2 fully saturated rings. The number of amides is 2. The van der Waals surface area contributed by atoms with E-state index in [4.69, 9.17) is 0 Å². The second-order valence-corrected chi connectivity index (χ2v) is 10.1. The quantitative estimate of drug-likeness (QED) is 0.576. The van der Waals surface area contributed by atoms with Crippen LogP contribution in [-0.2, 0) is 15.8 Å². The Labute approximate surface area is 202 Å². The Hall–Kier alpha value is -2.90.